The van der Waals surface area contributed by atoms with Crippen LogP contribution in [0, 0.1) is 0 Å². The Kier molecular flexibility index (Phi) is 10.0. The summed E-state index contributed by atoms with van der Waals surface area (Å²) in [4.78, 5) is 29.4. The topological polar surface area (TPSA) is 112 Å². The minimum Gasteiger partial charge on any atom is -0.368 e. The summed E-state index contributed by atoms with van der Waals surface area (Å²) in [6.45, 7) is 2.50. The predicted molar refractivity (Wildman–Crippen MR) is 136 cm³/mol. The number of nitrogens with two attached hydrogens (primary N) is 1. The minimum absolute atomic E-state index is 0. The second-order valence-electron chi connectivity index (χ2n) is 7.13. The van der Waals surface area contributed by atoms with Crippen LogP contribution in [-0.4, -0.2) is 50.5 Å². The van der Waals surface area contributed by atoms with Gasteiger partial charge in [-0.3, -0.25) is 14.6 Å². The summed E-state index contributed by atoms with van der Waals surface area (Å²) in [5.41, 5.74) is 6.55. The summed E-state index contributed by atoms with van der Waals surface area (Å²) in [7, 11) is 1.77. The first-order valence-electron chi connectivity index (χ1n) is 9.96. The molecule has 0 radical (unpaired) electrons. The van der Waals surface area contributed by atoms with Crippen LogP contribution in [0.2, 0.25) is 0 Å². The molecular weight excluding hydrogens is 527 g/mol. The van der Waals surface area contributed by atoms with E-state index >= 15 is 0 Å². The summed E-state index contributed by atoms with van der Waals surface area (Å²) in [6.07, 6.45) is 2.13. The van der Waals surface area contributed by atoms with Crippen molar-refractivity contribution in [2.24, 2.45) is 10.7 Å². The first kappa shape index (κ1) is 24.9. The standard InChI is InChI=1S/C21H28N6O2S.HI/c1-23-21(26-17-8-10-27(11-9-17)19-3-2-12-30-19)25-13-15-4-6-16(7-5-15)20(29)24-14-18(22)28;/h2-7,12,17H,8-11,13-14H2,1H3,(H2,22,28)(H,24,29)(H2,23,25,26);1H. The third-order valence-corrected chi connectivity index (χ3v) is 5.91. The van der Waals surface area contributed by atoms with Gasteiger partial charge < -0.3 is 26.6 Å². The fourth-order valence-electron chi connectivity index (χ4n) is 3.31. The number of carbonyl (C=O) groups excluding carboxylic acids is 2. The Morgan fingerprint density at radius 2 is 1.87 bits per heavy atom. The molecule has 2 heterocycles. The SMILES string of the molecule is CN=C(NCc1ccc(C(=O)NCC(N)=O)cc1)NC1CCN(c2cccs2)CC1.I. The molecule has 168 valence electrons. The van der Waals surface area contributed by atoms with E-state index in [1.165, 1.54) is 5.00 Å². The molecule has 2 aromatic rings. The van der Waals surface area contributed by atoms with Gasteiger partial charge >= 0.3 is 0 Å². The predicted octanol–water partition coefficient (Wildman–Crippen LogP) is 1.92. The first-order valence-corrected chi connectivity index (χ1v) is 10.8. The molecule has 0 saturated carbocycles. The van der Waals surface area contributed by atoms with Gasteiger partial charge in [0.05, 0.1) is 11.5 Å². The Labute approximate surface area is 203 Å². The van der Waals surface area contributed by atoms with Gasteiger partial charge in [0.15, 0.2) is 5.96 Å². The number of thiophene rings is 1. The molecule has 0 spiro atoms. The molecular formula is C21H29IN6O2S. The molecule has 0 aliphatic carbocycles. The molecule has 1 aromatic heterocycles. The molecule has 1 aliphatic heterocycles. The zero-order valence-electron chi connectivity index (χ0n) is 17.5. The number of benzene rings is 1. The van der Waals surface area contributed by atoms with Gasteiger partial charge in [0.1, 0.15) is 0 Å². The monoisotopic (exact) mass is 556 g/mol. The minimum atomic E-state index is -0.569. The number of hydrogen-bond donors (Lipinski definition) is 4. The Hall–Kier alpha value is -2.34. The Morgan fingerprint density at radius 3 is 2.45 bits per heavy atom. The van der Waals surface area contributed by atoms with Crippen molar-refractivity contribution in [3.05, 3.63) is 52.9 Å². The van der Waals surface area contributed by atoms with E-state index in [1.807, 2.05) is 12.1 Å². The van der Waals surface area contributed by atoms with Gasteiger partial charge in [0.25, 0.3) is 5.91 Å². The smallest absolute Gasteiger partial charge is 0.251 e. The van der Waals surface area contributed by atoms with Gasteiger partial charge in [-0.1, -0.05) is 12.1 Å². The van der Waals surface area contributed by atoms with E-state index in [-0.39, 0.29) is 36.4 Å². The number of nitrogens with zero attached hydrogens (tertiary/aromatic N) is 2. The molecule has 2 amide bonds. The van der Waals surface area contributed by atoms with Crippen LogP contribution in [0.25, 0.3) is 0 Å². The van der Waals surface area contributed by atoms with Crippen molar-refractivity contribution in [2.45, 2.75) is 25.4 Å². The van der Waals surface area contributed by atoms with Crippen LogP contribution in [0.3, 0.4) is 0 Å². The molecule has 10 heteroatoms. The zero-order valence-corrected chi connectivity index (χ0v) is 20.6. The molecule has 0 atom stereocenters. The molecule has 5 N–H and O–H groups in total. The Morgan fingerprint density at radius 1 is 1.16 bits per heavy atom. The average molecular weight is 556 g/mol. The third kappa shape index (κ3) is 7.69. The number of aliphatic imine (C=N–C) groups is 1. The lowest BCUT2D eigenvalue weighted by Gasteiger charge is -2.33. The van der Waals surface area contributed by atoms with E-state index in [0.29, 0.717) is 18.2 Å². The van der Waals surface area contributed by atoms with Crippen molar-refractivity contribution < 1.29 is 9.59 Å². The van der Waals surface area contributed by atoms with Crippen molar-refractivity contribution in [3.63, 3.8) is 0 Å². The number of carbonyl (C=O) groups is 2. The molecule has 1 aliphatic rings. The molecule has 31 heavy (non-hydrogen) atoms. The van der Waals surface area contributed by atoms with E-state index < -0.39 is 5.91 Å². The number of hydrogen-bond acceptors (Lipinski definition) is 5. The zero-order chi connectivity index (χ0) is 21.3. The van der Waals surface area contributed by atoms with Crippen LogP contribution < -0.4 is 26.6 Å². The van der Waals surface area contributed by atoms with E-state index in [4.69, 9.17) is 5.73 Å². The van der Waals surface area contributed by atoms with Crippen LogP contribution >= 0.6 is 35.3 Å². The Bertz CT molecular complexity index is 865. The number of guanidine groups is 1. The van der Waals surface area contributed by atoms with Crippen LogP contribution in [0.4, 0.5) is 5.00 Å². The number of rotatable bonds is 7. The Balaban J connectivity index is 0.00000341. The number of piperidine rings is 1. The first-order chi connectivity index (χ1) is 14.5. The molecule has 1 saturated heterocycles. The van der Waals surface area contributed by atoms with Crippen LogP contribution in [0.1, 0.15) is 28.8 Å². The van der Waals surface area contributed by atoms with Gasteiger partial charge in [-0.25, -0.2) is 0 Å². The summed E-state index contributed by atoms with van der Waals surface area (Å²) < 4.78 is 0. The maximum Gasteiger partial charge on any atom is 0.251 e. The quantitative estimate of drug-likeness (QED) is 0.237. The highest BCUT2D eigenvalue weighted by Crippen LogP contribution is 2.24. The molecule has 0 bridgehead atoms. The normalized spacial score (nSPS) is 14.5. The van der Waals surface area contributed by atoms with Crippen molar-refractivity contribution in [1.29, 1.82) is 0 Å². The number of anilines is 1. The number of halogens is 1. The summed E-state index contributed by atoms with van der Waals surface area (Å²) >= 11 is 1.79. The highest BCUT2D eigenvalue weighted by Gasteiger charge is 2.20. The van der Waals surface area contributed by atoms with E-state index in [9.17, 15) is 9.59 Å². The molecule has 1 aromatic carbocycles. The van der Waals surface area contributed by atoms with Crippen molar-refractivity contribution in [1.82, 2.24) is 16.0 Å². The van der Waals surface area contributed by atoms with E-state index in [1.54, 1.807) is 30.5 Å². The fraction of sp³-hybridized carbons (Fsp3) is 0.381. The lowest BCUT2D eigenvalue weighted by molar-refractivity contribution is -0.117. The van der Waals surface area contributed by atoms with Crippen LogP contribution in [0.15, 0.2) is 46.8 Å². The molecule has 8 nitrogen and oxygen atoms in total. The van der Waals surface area contributed by atoms with Crippen LogP contribution in [-0.2, 0) is 11.3 Å². The lowest BCUT2D eigenvalue weighted by Crippen LogP contribution is -2.48. The van der Waals surface area contributed by atoms with Crippen molar-refractivity contribution in [3.8, 4) is 0 Å². The third-order valence-electron chi connectivity index (χ3n) is 4.98. The van der Waals surface area contributed by atoms with Gasteiger partial charge in [-0.05, 0) is 48.1 Å². The number of amides is 2. The number of nitrogens with one attached hydrogen (secondary N) is 3. The number of primary amides is 1. The van der Waals surface area contributed by atoms with Gasteiger partial charge in [-0.15, -0.1) is 35.3 Å². The van der Waals surface area contributed by atoms with E-state index in [2.05, 4.69) is 43.4 Å². The van der Waals surface area contributed by atoms with E-state index in [0.717, 1.165) is 37.5 Å². The summed E-state index contributed by atoms with van der Waals surface area (Å²) in [6, 6.07) is 11.9. The largest absolute Gasteiger partial charge is 0.368 e. The molecule has 0 unspecified atom stereocenters. The van der Waals surface area contributed by atoms with Gasteiger partial charge in [0.2, 0.25) is 5.91 Å². The molecule has 3 rings (SSSR count). The average Bonchev–Trinajstić information content (AvgIpc) is 3.30. The second-order valence-corrected chi connectivity index (χ2v) is 8.05. The second kappa shape index (κ2) is 12.5. The maximum absolute atomic E-state index is 11.9. The van der Waals surface area contributed by atoms with Crippen molar-refractivity contribution >= 4 is 58.1 Å². The van der Waals surface area contributed by atoms with Gasteiger partial charge in [0, 0.05) is 38.3 Å². The summed E-state index contributed by atoms with van der Waals surface area (Å²) in [5, 5.41) is 12.8. The van der Waals surface area contributed by atoms with Gasteiger partial charge in [-0.2, -0.15) is 0 Å². The van der Waals surface area contributed by atoms with Crippen LogP contribution in [0.5, 0.6) is 0 Å². The highest BCUT2D eigenvalue weighted by molar-refractivity contribution is 14.0. The fourth-order valence-corrected chi connectivity index (χ4v) is 4.10. The summed E-state index contributed by atoms with van der Waals surface area (Å²) in [5.74, 6) is -0.118. The highest BCUT2D eigenvalue weighted by atomic mass is 127. The maximum atomic E-state index is 11.9. The molecule has 1 fully saturated rings. The lowest BCUT2D eigenvalue weighted by atomic mass is 10.1. The van der Waals surface area contributed by atoms with Crippen molar-refractivity contribution in [2.75, 3.05) is 31.6 Å².